The zero-order valence-electron chi connectivity index (χ0n) is 16.9. The third-order valence-corrected chi connectivity index (χ3v) is 6.14. The maximum Gasteiger partial charge on any atom is 0.256 e. The summed E-state index contributed by atoms with van der Waals surface area (Å²) < 4.78 is 18.8. The summed E-state index contributed by atoms with van der Waals surface area (Å²) in [6.45, 7) is 0.671. The quantitative estimate of drug-likeness (QED) is 0.566. The number of fused-ring (bicyclic) bond motifs is 1. The molecule has 0 aromatic heterocycles. The second-order valence-corrected chi connectivity index (χ2v) is 8.03. The number of halogens is 1. The lowest BCUT2D eigenvalue weighted by molar-refractivity contribution is -0.116. The molecule has 31 heavy (non-hydrogen) atoms. The van der Waals surface area contributed by atoms with Crippen LogP contribution in [0.2, 0.25) is 0 Å². The highest BCUT2D eigenvalue weighted by atomic mass is 32.2. The average molecular weight is 437 g/mol. The van der Waals surface area contributed by atoms with Crippen molar-refractivity contribution in [2.24, 2.45) is 0 Å². The number of thioether (sulfide) groups is 1. The average Bonchev–Trinajstić information content (AvgIpc) is 3.22. The predicted octanol–water partition coefficient (Wildman–Crippen LogP) is 4.77. The highest BCUT2D eigenvalue weighted by Gasteiger charge is 2.24. The number of methoxy groups -OCH3 is 1. The number of para-hydroxylation sites is 1. The van der Waals surface area contributed by atoms with E-state index in [4.69, 9.17) is 4.74 Å². The van der Waals surface area contributed by atoms with E-state index in [0.717, 1.165) is 12.1 Å². The Morgan fingerprint density at radius 2 is 1.87 bits per heavy atom. The second kappa shape index (κ2) is 9.22. The highest BCUT2D eigenvalue weighted by Crippen LogP contribution is 2.30. The molecule has 1 N–H and O–H groups in total. The van der Waals surface area contributed by atoms with Crippen molar-refractivity contribution < 1.29 is 18.7 Å². The van der Waals surface area contributed by atoms with Gasteiger partial charge in [0.2, 0.25) is 5.91 Å². The number of carbonyl (C=O) groups excluding carboxylic acids is 2. The van der Waals surface area contributed by atoms with Crippen LogP contribution in [0.5, 0.6) is 5.75 Å². The normalized spacial score (nSPS) is 12.4. The number of hydrogen-bond donors (Lipinski definition) is 1. The lowest BCUT2D eigenvalue weighted by Gasteiger charge is -2.17. The number of nitrogens with one attached hydrogen (secondary N) is 1. The van der Waals surface area contributed by atoms with Gasteiger partial charge in [-0.1, -0.05) is 30.3 Å². The Morgan fingerprint density at radius 3 is 2.68 bits per heavy atom. The molecule has 0 aliphatic carbocycles. The van der Waals surface area contributed by atoms with Crippen molar-refractivity contribution in [3.8, 4) is 5.75 Å². The molecule has 1 heterocycles. The molecule has 1 aliphatic rings. The maximum absolute atomic E-state index is 13.9. The van der Waals surface area contributed by atoms with Gasteiger partial charge in [-0.25, -0.2) is 4.39 Å². The van der Waals surface area contributed by atoms with Crippen molar-refractivity contribution in [3.63, 3.8) is 0 Å². The fourth-order valence-electron chi connectivity index (χ4n) is 3.54. The van der Waals surface area contributed by atoms with Gasteiger partial charge in [0, 0.05) is 28.9 Å². The number of rotatable bonds is 6. The molecule has 3 aromatic rings. The number of nitrogens with zero attached hydrogens (tertiary/aromatic N) is 1. The smallest absolute Gasteiger partial charge is 0.256 e. The first-order chi connectivity index (χ1) is 15.1. The molecule has 0 saturated carbocycles. The van der Waals surface area contributed by atoms with Gasteiger partial charge in [0.25, 0.3) is 5.91 Å². The Bertz CT molecular complexity index is 1140. The van der Waals surface area contributed by atoms with E-state index in [0.29, 0.717) is 22.7 Å². The standard InChI is InChI=1S/C24H21FN2O3S/c1-30-21-11-10-17(14-19(21)25)26-24(29)18-7-3-5-9-22(18)31-15-23(28)27-13-12-16-6-2-4-8-20(16)27/h2-11,14H,12-13,15H2,1H3,(H,26,29). The molecule has 0 radical (unpaired) electrons. The Morgan fingerprint density at radius 1 is 1.10 bits per heavy atom. The molecule has 2 amide bonds. The van der Waals surface area contributed by atoms with Gasteiger partial charge in [0.05, 0.1) is 18.4 Å². The molecule has 0 bridgehead atoms. The summed E-state index contributed by atoms with van der Waals surface area (Å²) in [7, 11) is 1.38. The number of carbonyl (C=O) groups is 2. The highest BCUT2D eigenvalue weighted by molar-refractivity contribution is 8.00. The summed E-state index contributed by atoms with van der Waals surface area (Å²) in [6.07, 6.45) is 0.851. The Kier molecular flexibility index (Phi) is 6.23. The van der Waals surface area contributed by atoms with Crippen LogP contribution in [0.25, 0.3) is 0 Å². The molecule has 0 atom stereocenters. The van der Waals surface area contributed by atoms with Gasteiger partial charge in [0.1, 0.15) is 0 Å². The zero-order valence-corrected chi connectivity index (χ0v) is 17.7. The van der Waals surface area contributed by atoms with Crippen LogP contribution < -0.4 is 15.0 Å². The van der Waals surface area contributed by atoms with Crippen LogP contribution in [0.1, 0.15) is 15.9 Å². The summed E-state index contributed by atoms with van der Waals surface area (Å²) in [5.41, 5.74) is 2.89. The third kappa shape index (κ3) is 4.56. The molecule has 0 spiro atoms. The van der Waals surface area contributed by atoms with E-state index in [1.54, 1.807) is 29.2 Å². The lowest BCUT2D eigenvalue weighted by Crippen LogP contribution is -2.30. The van der Waals surface area contributed by atoms with Gasteiger partial charge in [0.15, 0.2) is 11.6 Å². The summed E-state index contributed by atoms with van der Waals surface area (Å²) in [4.78, 5) is 28.1. The number of ether oxygens (including phenoxy) is 1. The molecular formula is C24H21FN2O3S. The van der Waals surface area contributed by atoms with Gasteiger partial charge in [-0.15, -0.1) is 11.8 Å². The van der Waals surface area contributed by atoms with Crippen LogP contribution in [0.15, 0.2) is 71.6 Å². The van der Waals surface area contributed by atoms with Gasteiger partial charge in [-0.3, -0.25) is 9.59 Å². The fraction of sp³-hybridized carbons (Fsp3) is 0.167. The van der Waals surface area contributed by atoms with Crippen molar-refractivity contribution in [1.29, 1.82) is 0 Å². The van der Waals surface area contributed by atoms with E-state index in [9.17, 15) is 14.0 Å². The van der Waals surface area contributed by atoms with Crippen molar-refractivity contribution in [2.75, 3.05) is 29.6 Å². The summed E-state index contributed by atoms with van der Waals surface area (Å²) in [6, 6.07) is 19.2. The second-order valence-electron chi connectivity index (χ2n) is 7.01. The molecule has 4 rings (SSSR count). The van der Waals surface area contributed by atoms with Crippen LogP contribution >= 0.6 is 11.8 Å². The summed E-state index contributed by atoms with van der Waals surface area (Å²) in [5.74, 6) is -0.597. The SMILES string of the molecule is COc1ccc(NC(=O)c2ccccc2SCC(=O)N2CCc3ccccc32)cc1F. The number of amides is 2. The topological polar surface area (TPSA) is 58.6 Å². The number of benzene rings is 3. The molecule has 1 aliphatic heterocycles. The molecule has 7 heteroatoms. The maximum atomic E-state index is 13.9. The lowest BCUT2D eigenvalue weighted by atomic mass is 10.2. The first-order valence-corrected chi connectivity index (χ1v) is 10.8. The van der Waals surface area contributed by atoms with E-state index >= 15 is 0 Å². The van der Waals surface area contributed by atoms with Crippen LogP contribution in [0.4, 0.5) is 15.8 Å². The van der Waals surface area contributed by atoms with Crippen molar-refractivity contribution in [2.45, 2.75) is 11.3 Å². The molecule has 158 valence electrons. The summed E-state index contributed by atoms with van der Waals surface area (Å²) in [5, 5.41) is 2.70. The van der Waals surface area contributed by atoms with Gasteiger partial charge in [-0.05, 0) is 42.3 Å². The van der Waals surface area contributed by atoms with Crippen molar-refractivity contribution >= 4 is 35.0 Å². The van der Waals surface area contributed by atoms with Crippen LogP contribution in [-0.2, 0) is 11.2 Å². The van der Waals surface area contributed by atoms with Gasteiger partial charge < -0.3 is 15.0 Å². The first kappa shape index (κ1) is 20.9. The van der Waals surface area contributed by atoms with E-state index in [1.807, 2.05) is 30.3 Å². The third-order valence-electron chi connectivity index (χ3n) is 5.08. The molecule has 3 aromatic carbocycles. The molecule has 0 fully saturated rings. The number of hydrogen-bond acceptors (Lipinski definition) is 4. The van der Waals surface area contributed by atoms with Crippen molar-refractivity contribution in [1.82, 2.24) is 0 Å². The van der Waals surface area contributed by atoms with E-state index in [-0.39, 0.29) is 23.3 Å². The summed E-state index contributed by atoms with van der Waals surface area (Å²) >= 11 is 1.32. The van der Waals surface area contributed by atoms with Crippen LogP contribution in [-0.4, -0.2) is 31.2 Å². The Hall–Kier alpha value is -3.32. The Balaban J connectivity index is 1.44. The van der Waals surface area contributed by atoms with Crippen LogP contribution in [0, 0.1) is 5.82 Å². The molecule has 0 saturated heterocycles. The zero-order chi connectivity index (χ0) is 21.8. The minimum Gasteiger partial charge on any atom is -0.494 e. The van der Waals surface area contributed by atoms with Crippen molar-refractivity contribution in [3.05, 3.63) is 83.7 Å². The largest absolute Gasteiger partial charge is 0.494 e. The first-order valence-electron chi connectivity index (χ1n) is 9.82. The van der Waals surface area contributed by atoms with E-state index in [2.05, 4.69) is 5.32 Å². The molecular weight excluding hydrogens is 415 g/mol. The van der Waals surface area contributed by atoms with Crippen LogP contribution in [0.3, 0.4) is 0 Å². The Labute approximate surface area is 184 Å². The monoisotopic (exact) mass is 436 g/mol. The number of anilines is 2. The fourth-order valence-corrected chi connectivity index (χ4v) is 4.46. The van der Waals surface area contributed by atoms with E-state index in [1.165, 1.54) is 36.6 Å². The van der Waals surface area contributed by atoms with E-state index < -0.39 is 5.82 Å². The van der Waals surface area contributed by atoms with Gasteiger partial charge >= 0.3 is 0 Å². The predicted molar refractivity (Wildman–Crippen MR) is 121 cm³/mol. The molecule has 0 unspecified atom stereocenters. The molecule has 5 nitrogen and oxygen atoms in total. The van der Waals surface area contributed by atoms with Gasteiger partial charge in [-0.2, -0.15) is 0 Å². The minimum atomic E-state index is -0.556. The minimum absolute atomic E-state index is 0.00221.